The van der Waals surface area contributed by atoms with E-state index in [0.717, 1.165) is 11.1 Å². The van der Waals surface area contributed by atoms with Crippen LogP contribution >= 0.6 is 0 Å². The first-order valence-corrected chi connectivity index (χ1v) is 5.72. The number of carbonyl (C=O) groups is 1. The number of aromatic nitrogens is 2. The number of benzene rings is 1. The van der Waals surface area contributed by atoms with Crippen LogP contribution in [-0.2, 0) is 17.8 Å². The van der Waals surface area contributed by atoms with Crippen LogP contribution in [0.5, 0.6) is 0 Å². The van der Waals surface area contributed by atoms with Crippen molar-refractivity contribution in [2.45, 2.75) is 19.9 Å². The standard InChI is InChI=1S/C13H15N3O2/c1-9-3-2-4-10(5-9)6-12(17)14-8-11-7-13(18)16-15-11/h2-5,7H,6,8H2,1H3,(H,14,17)(H2,15,16,18). The Morgan fingerprint density at radius 1 is 1.28 bits per heavy atom. The second-order valence-corrected chi connectivity index (χ2v) is 4.23. The molecule has 5 nitrogen and oxygen atoms in total. The smallest absolute Gasteiger partial charge is 0.264 e. The summed E-state index contributed by atoms with van der Waals surface area (Å²) in [5, 5.41) is 7.85. The third-order valence-corrected chi connectivity index (χ3v) is 2.57. The van der Waals surface area contributed by atoms with Crippen molar-refractivity contribution in [3.63, 3.8) is 0 Å². The van der Waals surface area contributed by atoms with Crippen molar-refractivity contribution >= 4 is 5.91 Å². The van der Waals surface area contributed by atoms with E-state index in [-0.39, 0.29) is 11.5 Å². The van der Waals surface area contributed by atoms with Gasteiger partial charge in [-0.2, -0.15) is 0 Å². The first-order valence-electron chi connectivity index (χ1n) is 5.72. The molecule has 94 valence electrons. The fraction of sp³-hybridized carbons (Fsp3) is 0.231. The van der Waals surface area contributed by atoms with Crippen LogP contribution < -0.4 is 10.9 Å². The van der Waals surface area contributed by atoms with E-state index in [1.54, 1.807) is 0 Å². The van der Waals surface area contributed by atoms with Gasteiger partial charge in [-0.15, -0.1) is 0 Å². The summed E-state index contributed by atoms with van der Waals surface area (Å²) >= 11 is 0. The summed E-state index contributed by atoms with van der Waals surface area (Å²) in [6.45, 7) is 2.31. The molecule has 0 bridgehead atoms. The number of H-pyrrole nitrogens is 2. The summed E-state index contributed by atoms with van der Waals surface area (Å²) in [4.78, 5) is 22.6. The van der Waals surface area contributed by atoms with Crippen LogP contribution in [0.15, 0.2) is 35.1 Å². The molecule has 0 spiro atoms. The van der Waals surface area contributed by atoms with Crippen LogP contribution in [0, 0.1) is 6.92 Å². The van der Waals surface area contributed by atoms with Gasteiger partial charge >= 0.3 is 0 Å². The van der Waals surface area contributed by atoms with Crippen LogP contribution in [0.3, 0.4) is 0 Å². The predicted octanol–water partition coefficient (Wildman–Crippen LogP) is 0.870. The average Bonchev–Trinajstić information content (AvgIpc) is 2.73. The Labute approximate surface area is 104 Å². The minimum absolute atomic E-state index is 0.0670. The maximum absolute atomic E-state index is 11.7. The molecule has 5 heteroatoms. The molecule has 0 radical (unpaired) electrons. The fourth-order valence-corrected chi connectivity index (χ4v) is 1.73. The number of amides is 1. The lowest BCUT2D eigenvalue weighted by Gasteiger charge is -2.04. The highest BCUT2D eigenvalue weighted by molar-refractivity contribution is 5.78. The number of aromatic amines is 2. The molecule has 2 aromatic rings. The fourth-order valence-electron chi connectivity index (χ4n) is 1.73. The molecule has 1 aromatic heterocycles. The van der Waals surface area contributed by atoms with Crippen molar-refractivity contribution in [2.75, 3.05) is 0 Å². The first kappa shape index (κ1) is 12.2. The van der Waals surface area contributed by atoms with Gasteiger partial charge < -0.3 is 10.4 Å². The first-order chi connectivity index (χ1) is 8.63. The van der Waals surface area contributed by atoms with Crippen LogP contribution in [-0.4, -0.2) is 16.1 Å². The van der Waals surface area contributed by atoms with E-state index in [4.69, 9.17) is 0 Å². The van der Waals surface area contributed by atoms with E-state index >= 15 is 0 Å². The van der Waals surface area contributed by atoms with Crippen molar-refractivity contribution in [1.29, 1.82) is 0 Å². The Bertz CT molecular complexity index is 598. The molecule has 1 amide bonds. The highest BCUT2D eigenvalue weighted by Gasteiger charge is 2.04. The summed E-state index contributed by atoms with van der Waals surface area (Å²) < 4.78 is 0. The topological polar surface area (TPSA) is 77.8 Å². The van der Waals surface area contributed by atoms with Crippen LogP contribution in [0.1, 0.15) is 16.8 Å². The molecule has 1 aromatic carbocycles. The van der Waals surface area contributed by atoms with Gasteiger partial charge in [-0.25, -0.2) is 0 Å². The molecule has 18 heavy (non-hydrogen) atoms. The number of hydrogen-bond donors (Lipinski definition) is 3. The van der Waals surface area contributed by atoms with Crippen molar-refractivity contribution in [3.8, 4) is 0 Å². The zero-order chi connectivity index (χ0) is 13.0. The molecule has 0 saturated carbocycles. The van der Waals surface area contributed by atoms with E-state index in [1.807, 2.05) is 31.2 Å². The predicted molar refractivity (Wildman–Crippen MR) is 68.1 cm³/mol. The van der Waals surface area contributed by atoms with Gasteiger partial charge in [0.2, 0.25) is 5.91 Å². The largest absolute Gasteiger partial charge is 0.350 e. The minimum Gasteiger partial charge on any atom is -0.350 e. The molecule has 0 aliphatic rings. The molecule has 0 aliphatic heterocycles. The minimum atomic E-state index is -0.196. The molecule has 2 rings (SSSR count). The molecular weight excluding hydrogens is 230 g/mol. The summed E-state index contributed by atoms with van der Waals surface area (Å²) in [5.41, 5.74) is 2.58. The summed E-state index contributed by atoms with van der Waals surface area (Å²) in [6.07, 6.45) is 0.344. The van der Waals surface area contributed by atoms with Gasteiger partial charge in [-0.1, -0.05) is 29.8 Å². The average molecular weight is 245 g/mol. The molecular formula is C13H15N3O2. The second kappa shape index (κ2) is 5.35. The van der Waals surface area contributed by atoms with Gasteiger partial charge in [-0.05, 0) is 12.5 Å². The number of hydrogen-bond acceptors (Lipinski definition) is 2. The molecule has 3 N–H and O–H groups in total. The van der Waals surface area contributed by atoms with Crippen molar-refractivity contribution in [3.05, 3.63) is 57.5 Å². The molecule has 0 fully saturated rings. The van der Waals surface area contributed by atoms with Gasteiger partial charge in [0.05, 0.1) is 18.7 Å². The Kier molecular flexibility index (Phi) is 3.62. The lowest BCUT2D eigenvalue weighted by molar-refractivity contribution is -0.120. The summed E-state index contributed by atoms with van der Waals surface area (Å²) in [7, 11) is 0. The summed E-state index contributed by atoms with van der Waals surface area (Å²) in [6, 6.07) is 9.25. The zero-order valence-electron chi connectivity index (χ0n) is 10.1. The van der Waals surface area contributed by atoms with Crippen LogP contribution in [0.4, 0.5) is 0 Å². The van der Waals surface area contributed by atoms with Gasteiger partial charge in [0.15, 0.2) is 0 Å². The number of rotatable bonds is 4. The Hall–Kier alpha value is -2.30. The third kappa shape index (κ3) is 3.35. The Morgan fingerprint density at radius 2 is 2.11 bits per heavy atom. The van der Waals surface area contributed by atoms with E-state index in [1.165, 1.54) is 6.07 Å². The molecule has 0 unspecified atom stereocenters. The number of aryl methyl sites for hydroxylation is 1. The summed E-state index contributed by atoms with van der Waals surface area (Å²) in [5.74, 6) is -0.0670. The lowest BCUT2D eigenvalue weighted by Crippen LogP contribution is -2.24. The molecule has 0 aliphatic carbocycles. The third-order valence-electron chi connectivity index (χ3n) is 2.57. The van der Waals surface area contributed by atoms with Gasteiger partial charge in [0.25, 0.3) is 5.56 Å². The van der Waals surface area contributed by atoms with E-state index in [9.17, 15) is 9.59 Å². The maximum Gasteiger partial charge on any atom is 0.264 e. The molecule has 0 saturated heterocycles. The van der Waals surface area contributed by atoms with Crippen molar-refractivity contribution in [2.24, 2.45) is 0 Å². The normalized spacial score (nSPS) is 10.3. The highest BCUT2D eigenvalue weighted by atomic mass is 16.1. The van der Waals surface area contributed by atoms with Crippen LogP contribution in [0.2, 0.25) is 0 Å². The van der Waals surface area contributed by atoms with Gasteiger partial charge in [-0.3, -0.25) is 14.7 Å². The van der Waals surface area contributed by atoms with Crippen LogP contribution in [0.25, 0.3) is 0 Å². The molecule has 0 atom stereocenters. The zero-order valence-corrected chi connectivity index (χ0v) is 10.1. The number of nitrogens with one attached hydrogen (secondary N) is 3. The van der Waals surface area contributed by atoms with Gasteiger partial charge in [0.1, 0.15) is 0 Å². The second-order valence-electron chi connectivity index (χ2n) is 4.23. The Balaban J connectivity index is 1.87. The van der Waals surface area contributed by atoms with E-state index in [2.05, 4.69) is 15.5 Å². The van der Waals surface area contributed by atoms with Gasteiger partial charge in [0, 0.05) is 6.07 Å². The quantitative estimate of drug-likeness (QED) is 0.747. The van der Waals surface area contributed by atoms with E-state index < -0.39 is 0 Å². The maximum atomic E-state index is 11.7. The number of carbonyl (C=O) groups excluding carboxylic acids is 1. The van der Waals surface area contributed by atoms with E-state index in [0.29, 0.717) is 18.7 Å². The highest BCUT2D eigenvalue weighted by Crippen LogP contribution is 2.04. The SMILES string of the molecule is Cc1cccc(CC(=O)NCc2cc(=O)[nH][nH]2)c1. The van der Waals surface area contributed by atoms with Crippen molar-refractivity contribution in [1.82, 2.24) is 15.5 Å². The Morgan fingerprint density at radius 3 is 2.78 bits per heavy atom. The molecule has 1 heterocycles. The lowest BCUT2D eigenvalue weighted by atomic mass is 10.1. The van der Waals surface area contributed by atoms with Crippen molar-refractivity contribution < 1.29 is 4.79 Å². The monoisotopic (exact) mass is 245 g/mol.